The molecule has 7 nitrogen and oxygen atoms in total. The fourth-order valence-corrected chi connectivity index (χ4v) is 4.87. The number of fused-ring (bicyclic) bond motifs is 2. The second-order valence-electron chi connectivity index (χ2n) is 8.44. The van der Waals surface area contributed by atoms with Gasteiger partial charge in [0.1, 0.15) is 11.0 Å². The number of aryl methyl sites for hydroxylation is 3. The third-order valence-electron chi connectivity index (χ3n) is 6.31. The number of alkyl halides is 3. The van der Waals surface area contributed by atoms with Crippen molar-refractivity contribution in [2.75, 3.05) is 6.61 Å². The summed E-state index contributed by atoms with van der Waals surface area (Å²) in [6.07, 6.45) is -2.34. The van der Waals surface area contributed by atoms with E-state index in [1.54, 1.807) is 13.8 Å². The topological polar surface area (TPSA) is 86.5 Å². The van der Waals surface area contributed by atoms with Gasteiger partial charge in [0.25, 0.3) is 0 Å². The minimum absolute atomic E-state index is 0.0877. The van der Waals surface area contributed by atoms with E-state index >= 15 is 0 Å². The molecule has 1 heterocycles. The van der Waals surface area contributed by atoms with Crippen molar-refractivity contribution in [3.8, 4) is 5.75 Å². The van der Waals surface area contributed by atoms with Crippen LogP contribution in [0.25, 0.3) is 11.0 Å². The first-order valence-electron chi connectivity index (χ1n) is 11.1. The molecule has 1 aliphatic rings. The van der Waals surface area contributed by atoms with Crippen molar-refractivity contribution < 1.29 is 32.5 Å². The number of halogens is 3. The summed E-state index contributed by atoms with van der Waals surface area (Å²) in [5.41, 5.74) is 5.10. The zero-order valence-corrected chi connectivity index (χ0v) is 19.2. The molecule has 1 unspecified atom stereocenters. The number of aromatic nitrogens is 3. The molecule has 0 bridgehead atoms. The van der Waals surface area contributed by atoms with Gasteiger partial charge in [0.15, 0.2) is 5.75 Å². The van der Waals surface area contributed by atoms with Gasteiger partial charge >= 0.3 is 12.3 Å². The Balaban J connectivity index is 1.93. The van der Waals surface area contributed by atoms with Crippen LogP contribution in [0.2, 0.25) is 0 Å². The lowest BCUT2D eigenvalue weighted by atomic mass is 9.83. The number of benzene rings is 2. The van der Waals surface area contributed by atoms with Gasteiger partial charge in [0, 0.05) is 13.0 Å². The van der Waals surface area contributed by atoms with Crippen LogP contribution in [0, 0.1) is 6.92 Å². The molecule has 1 aliphatic carbocycles. The van der Waals surface area contributed by atoms with Crippen LogP contribution in [0.5, 0.6) is 5.75 Å². The van der Waals surface area contributed by atoms with Gasteiger partial charge in [-0.25, -0.2) is 4.68 Å². The predicted octanol–water partition coefficient (Wildman–Crippen LogP) is 4.24. The first kappa shape index (κ1) is 24.0. The van der Waals surface area contributed by atoms with E-state index in [0.717, 1.165) is 41.5 Å². The number of rotatable bonds is 7. The Morgan fingerprint density at radius 3 is 2.71 bits per heavy atom. The molecule has 1 N–H and O–H groups in total. The summed E-state index contributed by atoms with van der Waals surface area (Å²) in [5.74, 6) is -1.54. The molecule has 10 heteroatoms. The summed E-state index contributed by atoms with van der Waals surface area (Å²) in [7, 11) is 1.49. The fraction of sp³-hybridized carbons (Fsp3) is 0.458. The van der Waals surface area contributed by atoms with E-state index in [1.165, 1.54) is 17.8 Å². The summed E-state index contributed by atoms with van der Waals surface area (Å²) in [4.78, 5) is 12.6. The Hall–Kier alpha value is -3.14. The molecule has 34 heavy (non-hydrogen) atoms. The highest BCUT2D eigenvalue weighted by atomic mass is 19.4. The molecule has 4 rings (SSSR count). The maximum absolute atomic E-state index is 13.2. The van der Waals surface area contributed by atoms with Crippen molar-refractivity contribution in [1.82, 2.24) is 15.0 Å². The van der Waals surface area contributed by atoms with Crippen LogP contribution in [0.1, 0.15) is 59.1 Å². The molecule has 0 saturated carbocycles. The van der Waals surface area contributed by atoms with E-state index in [-0.39, 0.29) is 30.7 Å². The van der Waals surface area contributed by atoms with Crippen molar-refractivity contribution in [1.29, 1.82) is 0 Å². The zero-order valence-electron chi connectivity index (χ0n) is 19.2. The van der Waals surface area contributed by atoms with Crippen LogP contribution >= 0.6 is 0 Å². The highest BCUT2D eigenvalue weighted by molar-refractivity contribution is 5.86. The number of hydrogen-bond donors (Lipinski definition) is 1. The standard InChI is InChI=1S/C24H26F3N3O4/c1-4-33-21(32)11-19(15-8-14-6-5-7-17(14)16(9-15)12-31)18-10-20(34-24(25,26)27)23-22(13(18)2)28-29-30(23)3/h8-10,19,31H,4-7,11-12H2,1-3H3. The van der Waals surface area contributed by atoms with E-state index in [0.29, 0.717) is 11.1 Å². The lowest BCUT2D eigenvalue weighted by Gasteiger charge is -2.23. The molecular weight excluding hydrogens is 451 g/mol. The maximum atomic E-state index is 13.2. The summed E-state index contributed by atoms with van der Waals surface area (Å²) in [5, 5.41) is 17.9. The number of nitrogens with zero attached hydrogens (tertiary/aromatic N) is 3. The van der Waals surface area contributed by atoms with Crippen LogP contribution in [0.3, 0.4) is 0 Å². The number of aliphatic hydroxyl groups is 1. The smallest absolute Gasteiger partial charge is 0.466 e. The van der Waals surface area contributed by atoms with E-state index in [4.69, 9.17) is 4.74 Å². The third kappa shape index (κ3) is 4.59. The quantitative estimate of drug-likeness (QED) is 0.513. The van der Waals surface area contributed by atoms with Gasteiger partial charge in [0.05, 0.1) is 19.6 Å². The van der Waals surface area contributed by atoms with Crippen molar-refractivity contribution in [2.24, 2.45) is 7.05 Å². The highest BCUT2D eigenvalue weighted by Gasteiger charge is 2.34. The average molecular weight is 477 g/mol. The van der Waals surface area contributed by atoms with E-state index in [1.807, 2.05) is 12.1 Å². The van der Waals surface area contributed by atoms with Crippen LogP contribution in [0.15, 0.2) is 18.2 Å². The molecular formula is C24H26F3N3O4. The minimum atomic E-state index is -4.92. The van der Waals surface area contributed by atoms with Gasteiger partial charge in [-0.3, -0.25) is 4.79 Å². The molecule has 0 amide bonds. The van der Waals surface area contributed by atoms with Gasteiger partial charge < -0.3 is 14.6 Å². The van der Waals surface area contributed by atoms with Crippen molar-refractivity contribution in [3.63, 3.8) is 0 Å². The largest absolute Gasteiger partial charge is 0.573 e. The maximum Gasteiger partial charge on any atom is 0.573 e. The number of aliphatic hydroxyl groups excluding tert-OH is 1. The van der Waals surface area contributed by atoms with Crippen LogP contribution in [-0.4, -0.2) is 39.0 Å². The lowest BCUT2D eigenvalue weighted by molar-refractivity contribution is -0.274. The Morgan fingerprint density at radius 1 is 1.26 bits per heavy atom. The average Bonchev–Trinajstić information content (AvgIpc) is 3.40. The van der Waals surface area contributed by atoms with Crippen LogP contribution in [-0.2, 0) is 36.0 Å². The molecule has 2 aromatic carbocycles. The molecule has 1 atom stereocenters. The third-order valence-corrected chi connectivity index (χ3v) is 6.31. The Kier molecular flexibility index (Phi) is 6.53. The van der Waals surface area contributed by atoms with E-state index in [9.17, 15) is 23.1 Å². The number of ether oxygens (including phenoxy) is 2. The van der Waals surface area contributed by atoms with Crippen molar-refractivity contribution >= 4 is 17.0 Å². The van der Waals surface area contributed by atoms with Gasteiger partial charge in [-0.05, 0) is 72.6 Å². The number of hydrogen-bond acceptors (Lipinski definition) is 6. The second kappa shape index (κ2) is 9.25. The summed E-state index contributed by atoms with van der Waals surface area (Å²) in [6.45, 7) is 3.45. The van der Waals surface area contributed by atoms with Crippen LogP contribution in [0.4, 0.5) is 13.2 Å². The SMILES string of the molecule is CCOC(=O)CC(c1cc(CO)c2c(c1)CCC2)c1cc(OC(F)(F)F)c2c(nnn2C)c1C. The molecule has 1 aromatic heterocycles. The molecule has 0 aliphatic heterocycles. The summed E-state index contributed by atoms with van der Waals surface area (Å²) < 4.78 is 50.5. The fourth-order valence-electron chi connectivity index (χ4n) is 4.87. The normalized spacial score (nSPS) is 14.3. The summed E-state index contributed by atoms with van der Waals surface area (Å²) in [6, 6.07) is 5.12. The monoisotopic (exact) mass is 477 g/mol. The number of esters is 1. The second-order valence-corrected chi connectivity index (χ2v) is 8.44. The minimum Gasteiger partial charge on any atom is -0.466 e. The van der Waals surface area contributed by atoms with Crippen molar-refractivity contribution in [2.45, 2.75) is 58.4 Å². The molecule has 0 radical (unpaired) electrons. The van der Waals surface area contributed by atoms with Gasteiger partial charge in [0.2, 0.25) is 0 Å². The first-order valence-corrected chi connectivity index (χ1v) is 11.1. The molecule has 182 valence electrons. The van der Waals surface area contributed by atoms with Gasteiger partial charge in [-0.15, -0.1) is 18.3 Å². The Bertz CT molecular complexity index is 1240. The van der Waals surface area contributed by atoms with E-state index < -0.39 is 24.0 Å². The molecule has 0 spiro atoms. The van der Waals surface area contributed by atoms with Crippen LogP contribution < -0.4 is 4.74 Å². The summed E-state index contributed by atoms with van der Waals surface area (Å²) >= 11 is 0. The Labute approximate surface area is 194 Å². The number of carbonyl (C=O) groups is 1. The highest BCUT2D eigenvalue weighted by Crippen LogP contribution is 2.41. The lowest BCUT2D eigenvalue weighted by Crippen LogP contribution is -2.19. The molecule has 0 saturated heterocycles. The van der Waals surface area contributed by atoms with Crippen molar-refractivity contribution in [3.05, 3.63) is 51.6 Å². The first-order chi connectivity index (χ1) is 16.1. The van der Waals surface area contributed by atoms with Gasteiger partial charge in [-0.2, -0.15) is 0 Å². The molecule has 3 aromatic rings. The van der Waals surface area contributed by atoms with E-state index in [2.05, 4.69) is 15.0 Å². The Morgan fingerprint density at radius 2 is 2.03 bits per heavy atom. The predicted molar refractivity (Wildman–Crippen MR) is 117 cm³/mol. The number of carbonyl (C=O) groups excluding carboxylic acids is 1. The zero-order chi connectivity index (χ0) is 24.6. The molecule has 0 fully saturated rings. The van der Waals surface area contributed by atoms with Gasteiger partial charge in [-0.1, -0.05) is 17.3 Å².